The summed E-state index contributed by atoms with van der Waals surface area (Å²) in [6.07, 6.45) is 9.92. The lowest BCUT2D eigenvalue weighted by Crippen LogP contribution is -2.60. The Labute approximate surface area is 294 Å². The Morgan fingerprint density at radius 1 is 0.820 bits per heavy atom. The number of hydrogen-bond acceptors (Lipinski definition) is 9. The maximum absolute atomic E-state index is 13.9. The third-order valence-corrected chi connectivity index (χ3v) is 9.07. The molecule has 0 spiro atoms. The van der Waals surface area contributed by atoms with Gasteiger partial charge >= 0.3 is 5.97 Å². The first kappa shape index (κ1) is 41.7. The van der Waals surface area contributed by atoms with Gasteiger partial charge in [-0.05, 0) is 50.9 Å². The predicted molar refractivity (Wildman–Crippen MR) is 184 cm³/mol. The molecule has 1 fully saturated rings. The molecular formula is C35H55N7O8. The molecule has 0 aromatic carbocycles. The summed E-state index contributed by atoms with van der Waals surface area (Å²) in [6.45, 7) is 11.5. The van der Waals surface area contributed by atoms with E-state index < -0.39 is 71.0 Å². The first-order chi connectivity index (χ1) is 23.5. The van der Waals surface area contributed by atoms with E-state index in [1.807, 2.05) is 20.8 Å². The minimum Gasteiger partial charge on any atom is -0.480 e. The normalized spacial score (nSPS) is 16.6. The van der Waals surface area contributed by atoms with Crippen molar-refractivity contribution in [1.29, 1.82) is 0 Å². The Morgan fingerprint density at radius 2 is 1.44 bits per heavy atom. The van der Waals surface area contributed by atoms with Crippen LogP contribution >= 0.6 is 0 Å². The second-order valence-corrected chi connectivity index (χ2v) is 14.1. The van der Waals surface area contributed by atoms with Gasteiger partial charge in [-0.2, -0.15) is 0 Å². The summed E-state index contributed by atoms with van der Waals surface area (Å²) in [7, 11) is 0. The van der Waals surface area contributed by atoms with Crippen molar-refractivity contribution in [2.45, 2.75) is 136 Å². The van der Waals surface area contributed by atoms with Crippen LogP contribution in [0.5, 0.6) is 0 Å². The lowest BCUT2D eigenvalue weighted by molar-refractivity contribution is -0.148. The Morgan fingerprint density at radius 3 is 1.98 bits per heavy atom. The minimum absolute atomic E-state index is 0.0128. The number of aromatic nitrogens is 2. The van der Waals surface area contributed by atoms with Crippen LogP contribution in [0.25, 0.3) is 0 Å². The third-order valence-electron chi connectivity index (χ3n) is 9.07. The highest BCUT2D eigenvalue weighted by Gasteiger charge is 2.37. The first-order valence-corrected chi connectivity index (χ1v) is 17.6. The largest absolute Gasteiger partial charge is 0.480 e. The lowest BCUT2D eigenvalue weighted by Gasteiger charge is -2.31. The number of carbonyl (C=O) groups excluding carboxylic acids is 6. The van der Waals surface area contributed by atoms with E-state index in [2.05, 4.69) is 36.6 Å². The van der Waals surface area contributed by atoms with Crippen LogP contribution in [0.3, 0.4) is 0 Å². The fraction of sp³-hybridized carbons (Fsp3) is 0.686. The fourth-order valence-corrected chi connectivity index (χ4v) is 5.74. The van der Waals surface area contributed by atoms with E-state index in [1.54, 1.807) is 13.8 Å². The molecule has 15 heteroatoms. The van der Waals surface area contributed by atoms with Gasteiger partial charge in [-0.15, -0.1) is 0 Å². The van der Waals surface area contributed by atoms with Crippen molar-refractivity contribution in [3.8, 4) is 0 Å². The van der Waals surface area contributed by atoms with E-state index in [9.17, 15) is 38.7 Å². The molecule has 0 aliphatic heterocycles. The van der Waals surface area contributed by atoms with Crippen LogP contribution in [-0.2, 0) is 28.8 Å². The third kappa shape index (κ3) is 12.8. The average molecular weight is 702 g/mol. The summed E-state index contributed by atoms with van der Waals surface area (Å²) >= 11 is 0. The molecule has 0 bridgehead atoms. The topological polar surface area (TPSA) is 226 Å². The van der Waals surface area contributed by atoms with Gasteiger partial charge in [0.15, 0.2) is 0 Å². The molecule has 1 aliphatic carbocycles. The van der Waals surface area contributed by atoms with Gasteiger partial charge in [-0.1, -0.05) is 73.1 Å². The van der Waals surface area contributed by atoms with Crippen molar-refractivity contribution in [2.75, 3.05) is 0 Å². The van der Waals surface area contributed by atoms with Crippen LogP contribution in [0.4, 0.5) is 0 Å². The van der Waals surface area contributed by atoms with Gasteiger partial charge in [0.25, 0.3) is 11.8 Å². The van der Waals surface area contributed by atoms with E-state index in [0.717, 1.165) is 32.1 Å². The number of carboxylic acid groups (broad SMARTS) is 1. The number of hydrogen-bond donors (Lipinski definition) is 6. The number of nitrogens with one attached hydrogen (secondary N) is 5. The molecule has 6 N–H and O–H groups in total. The Kier molecular flexibility index (Phi) is 16.4. The van der Waals surface area contributed by atoms with Gasteiger partial charge in [-0.25, -0.2) is 9.78 Å². The monoisotopic (exact) mass is 701 g/mol. The molecule has 5 amide bonds. The van der Waals surface area contributed by atoms with Crippen molar-refractivity contribution < 1.29 is 38.7 Å². The van der Waals surface area contributed by atoms with Gasteiger partial charge in [-0.3, -0.25) is 33.8 Å². The summed E-state index contributed by atoms with van der Waals surface area (Å²) in [4.78, 5) is 99.3. The molecular weight excluding hydrogens is 646 g/mol. The van der Waals surface area contributed by atoms with Crippen molar-refractivity contribution in [3.63, 3.8) is 0 Å². The Hall–Kier alpha value is -4.43. The molecule has 0 saturated heterocycles. The van der Waals surface area contributed by atoms with Crippen molar-refractivity contribution in [3.05, 3.63) is 24.3 Å². The molecule has 0 radical (unpaired) electrons. The maximum Gasteiger partial charge on any atom is 0.328 e. The molecule has 15 nitrogen and oxygen atoms in total. The predicted octanol–water partition coefficient (Wildman–Crippen LogP) is 2.05. The standard InChI is InChI=1S/C35H55N7O8/c1-8-21(5)27(41-30(45)24(17-20(3)4)39-31(46)26-19-36-15-16-37-26)32(47)40-25(18-22-13-11-10-12-14-22)29(44)38-23(9-2)28(43)33(48)42-35(6,7)34(49)50/h15-16,19-25,27H,8-14,17-18H2,1-7H3,(H,38,44)(H,39,46)(H,40,47)(H,41,45)(H,42,48)(H,49,50)/t21?,23?,24-,25-,27-/m0/s1. The Bertz CT molecular complexity index is 1350. The summed E-state index contributed by atoms with van der Waals surface area (Å²) in [5, 5.41) is 22.5. The molecule has 5 atom stereocenters. The van der Waals surface area contributed by atoms with Gasteiger partial charge in [0.05, 0.1) is 12.2 Å². The van der Waals surface area contributed by atoms with Gasteiger partial charge in [0.2, 0.25) is 23.5 Å². The van der Waals surface area contributed by atoms with Crippen molar-refractivity contribution >= 4 is 41.3 Å². The summed E-state index contributed by atoms with van der Waals surface area (Å²) < 4.78 is 0. The van der Waals surface area contributed by atoms with E-state index in [4.69, 9.17) is 0 Å². The molecule has 2 unspecified atom stereocenters. The highest BCUT2D eigenvalue weighted by Crippen LogP contribution is 2.27. The quantitative estimate of drug-likeness (QED) is 0.115. The summed E-state index contributed by atoms with van der Waals surface area (Å²) in [5.74, 6) is -6.16. The van der Waals surface area contributed by atoms with Gasteiger partial charge in [0, 0.05) is 12.4 Å². The van der Waals surface area contributed by atoms with E-state index in [-0.39, 0.29) is 42.7 Å². The zero-order valence-corrected chi connectivity index (χ0v) is 30.3. The summed E-state index contributed by atoms with van der Waals surface area (Å²) in [5.41, 5.74) is -1.68. The number of nitrogens with zero attached hydrogens (tertiary/aromatic N) is 2. The van der Waals surface area contributed by atoms with Crippen LogP contribution in [0.15, 0.2) is 18.6 Å². The van der Waals surface area contributed by atoms with Gasteiger partial charge < -0.3 is 31.7 Å². The zero-order chi connectivity index (χ0) is 37.6. The second-order valence-electron chi connectivity index (χ2n) is 14.1. The van der Waals surface area contributed by atoms with Crippen LogP contribution in [0, 0.1) is 17.8 Å². The van der Waals surface area contributed by atoms with E-state index >= 15 is 0 Å². The number of ketones is 1. The molecule has 278 valence electrons. The number of amides is 5. The Balaban J connectivity index is 2.29. The smallest absolute Gasteiger partial charge is 0.328 e. The average Bonchev–Trinajstić information content (AvgIpc) is 3.08. The van der Waals surface area contributed by atoms with Gasteiger partial charge in [0.1, 0.15) is 29.4 Å². The number of Topliss-reactive ketones (excluding diaryl/α,β-unsaturated/α-hetero) is 1. The second kappa shape index (κ2) is 19.7. The highest BCUT2D eigenvalue weighted by molar-refractivity contribution is 6.39. The van der Waals surface area contributed by atoms with Crippen molar-refractivity contribution in [2.24, 2.45) is 17.8 Å². The van der Waals surface area contributed by atoms with Crippen LogP contribution in [-0.4, -0.2) is 86.1 Å². The van der Waals surface area contributed by atoms with Crippen LogP contribution in [0.1, 0.15) is 117 Å². The number of rotatable bonds is 19. The molecule has 1 aliphatic rings. The number of aliphatic carboxylic acids is 1. The molecule has 2 rings (SSSR count). The fourth-order valence-electron chi connectivity index (χ4n) is 5.74. The molecule has 50 heavy (non-hydrogen) atoms. The molecule has 1 aromatic heterocycles. The zero-order valence-electron chi connectivity index (χ0n) is 30.3. The van der Waals surface area contributed by atoms with E-state index in [1.165, 1.54) is 32.4 Å². The SMILES string of the molecule is CCC(NC(=O)[C@H](CC1CCCCC1)NC(=O)[C@@H](NC(=O)[C@H](CC(C)C)NC(=O)c1cnccn1)C(C)CC)C(=O)C(=O)NC(C)(C)C(=O)O. The lowest BCUT2D eigenvalue weighted by atomic mass is 9.84. The number of carboxylic acids is 1. The molecule has 1 aromatic rings. The summed E-state index contributed by atoms with van der Waals surface area (Å²) in [6, 6.07) is -4.40. The minimum atomic E-state index is -1.71. The van der Waals surface area contributed by atoms with Crippen LogP contribution < -0.4 is 26.6 Å². The van der Waals surface area contributed by atoms with Crippen LogP contribution in [0.2, 0.25) is 0 Å². The number of carbonyl (C=O) groups is 7. The maximum atomic E-state index is 13.9. The molecule has 1 heterocycles. The van der Waals surface area contributed by atoms with E-state index in [0.29, 0.717) is 6.42 Å². The van der Waals surface area contributed by atoms with Crippen molar-refractivity contribution in [1.82, 2.24) is 36.6 Å². The highest BCUT2D eigenvalue weighted by atomic mass is 16.4. The molecule has 1 saturated carbocycles. The first-order valence-electron chi connectivity index (χ1n) is 17.6.